The Hall–Kier alpha value is -1.81. The maximum Gasteiger partial charge on any atom is 0.308 e. The van der Waals surface area contributed by atoms with E-state index in [0.29, 0.717) is 5.75 Å². The summed E-state index contributed by atoms with van der Waals surface area (Å²) in [5.41, 5.74) is 3.63. The third-order valence-corrected chi connectivity index (χ3v) is 4.47. The van der Waals surface area contributed by atoms with Gasteiger partial charge in [0, 0.05) is 31.0 Å². The molecular weight excluding hydrogens is 290 g/mol. The van der Waals surface area contributed by atoms with Crippen molar-refractivity contribution in [2.24, 2.45) is 0 Å². The molecule has 0 saturated heterocycles. The van der Waals surface area contributed by atoms with Crippen LogP contribution in [0.3, 0.4) is 0 Å². The van der Waals surface area contributed by atoms with Crippen LogP contribution < -0.4 is 9.47 Å². The van der Waals surface area contributed by atoms with E-state index in [1.807, 2.05) is 20.8 Å². The van der Waals surface area contributed by atoms with Crippen LogP contribution in [0.2, 0.25) is 0 Å². The molecule has 1 atom stereocenters. The van der Waals surface area contributed by atoms with E-state index in [0.717, 1.165) is 41.0 Å². The SMILES string of the molecule is CC(=O)Oc1c(C)c(C)c2c(c1C)C=CC(C)(CCN(C)C)O2. The largest absolute Gasteiger partial charge is 0.483 e. The van der Waals surface area contributed by atoms with Crippen molar-refractivity contribution >= 4 is 12.0 Å². The minimum Gasteiger partial charge on any atom is -0.483 e. The minimum atomic E-state index is -0.316. The summed E-state index contributed by atoms with van der Waals surface area (Å²) in [6.45, 7) is 10.5. The highest BCUT2D eigenvalue weighted by Gasteiger charge is 2.31. The maximum absolute atomic E-state index is 11.4. The highest BCUT2D eigenvalue weighted by Crippen LogP contribution is 2.43. The first-order valence-electron chi connectivity index (χ1n) is 8.00. The summed E-state index contributed by atoms with van der Waals surface area (Å²) in [6.07, 6.45) is 5.13. The van der Waals surface area contributed by atoms with Gasteiger partial charge in [-0.05, 0) is 59.0 Å². The number of ether oxygens (including phenoxy) is 2. The summed E-state index contributed by atoms with van der Waals surface area (Å²) >= 11 is 0. The fourth-order valence-electron chi connectivity index (χ4n) is 2.85. The number of carbonyl (C=O) groups excluding carboxylic acids is 1. The number of nitrogens with zero attached hydrogens (tertiary/aromatic N) is 1. The molecule has 126 valence electrons. The number of carbonyl (C=O) groups is 1. The van der Waals surface area contributed by atoms with Gasteiger partial charge in [-0.25, -0.2) is 0 Å². The molecule has 0 fully saturated rings. The second kappa shape index (κ2) is 6.36. The van der Waals surface area contributed by atoms with Crippen molar-refractivity contribution in [2.45, 2.75) is 46.6 Å². The molecule has 1 heterocycles. The lowest BCUT2D eigenvalue weighted by Gasteiger charge is -2.35. The van der Waals surface area contributed by atoms with E-state index >= 15 is 0 Å². The monoisotopic (exact) mass is 317 g/mol. The predicted octanol–water partition coefficient (Wildman–Crippen LogP) is 3.65. The Kier molecular flexibility index (Phi) is 4.85. The topological polar surface area (TPSA) is 38.8 Å². The molecule has 0 aromatic heterocycles. The van der Waals surface area contributed by atoms with Crippen LogP contribution in [0.5, 0.6) is 11.5 Å². The van der Waals surface area contributed by atoms with Gasteiger partial charge in [0.25, 0.3) is 0 Å². The number of rotatable bonds is 4. The number of hydrogen-bond donors (Lipinski definition) is 0. The average Bonchev–Trinajstić information content (AvgIpc) is 2.47. The first kappa shape index (κ1) is 17.5. The normalized spacial score (nSPS) is 19.5. The summed E-state index contributed by atoms with van der Waals surface area (Å²) < 4.78 is 11.8. The van der Waals surface area contributed by atoms with E-state index in [2.05, 4.69) is 38.1 Å². The van der Waals surface area contributed by atoms with Crippen molar-refractivity contribution in [1.82, 2.24) is 4.90 Å². The molecule has 1 aromatic rings. The Bertz CT molecular complexity index is 661. The highest BCUT2D eigenvalue weighted by atomic mass is 16.5. The fourth-order valence-corrected chi connectivity index (χ4v) is 2.85. The predicted molar refractivity (Wildman–Crippen MR) is 93.2 cm³/mol. The molecule has 1 aliphatic heterocycles. The van der Waals surface area contributed by atoms with E-state index in [1.54, 1.807) is 0 Å². The molecule has 0 radical (unpaired) electrons. The van der Waals surface area contributed by atoms with Gasteiger partial charge in [0.2, 0.25) is 0 Å². The van der Waals surface area contributed by atoms with Crippen LogP contribution in [0.1, 0.15) is 42.5 Å². The Labute approximate surface area is 139 Å². The Morgan fingerprint density at radius 2 is 1.87 bits per heavy atom. The average molecular weight is 317 g/mol. The van der Waals surface area contributed by atoms with E-state index < -0.39 is 0 Å². The van der Waals surface area contributed by atoms with Crippen LogP contribution in [0.15, 0.2) is 6.08 Å². The molecule has 0 saturated carbocycles. The van der Waals surface area contributed by atoms with Gasteiger partial charge in [-0.2, -0.15) is 0 Å². The molecule has 4 heteroatoms. The van der Waals surface area contributed by atoms with Gasteiger partial charge >= 0.3 is 5.97 Å². The van der Waals surface area contributed by atoms with Gasteiger partial charge < -0.3 is 14.4 Å². The van der Waals surface area contributed by atoms with Crippen LogP contribution in [-0.2, 0) is 4.79 Å². The quantitative estimate of drug-likeness (QED) is 0.627. The molecule has 23 heavy (non-hydrogen) atoms. The van der Waals surface area contributed by atoms with Crippen LogP contribution in [-0.4, -0.2) is 37.1 Å². The Morgan fingerprint density at radius 3 is 2.43 bits per heavy atom. The molecule has 4 nitrogen and oxygen atoms in total. The molecule has 1 aromatic carbocycles. The van der Waals surface area contributed by atoms with Crippen molar-refractivity contribution in [1.29, 1.82) is 0 Å². The standard InChI is InChI=1S/C19H27NO3/c1-12-13(2)18-16(14(3)17(12)22-15(4)21)8-9-19(5,23-18)10-11-20(6)7/h8-9H,10-11H2,1-7H3. The van der Waals surface area contributed by atoms with Crippen molar-refractivity contribution in [2.75, 3.05) is 20.6 Å². The summed E-state index contributed by atoms with van der Waals surface area (Å²) in [4.78, 5) is 13.5. The molecule has 0 aliphatic carbocycles. The van der Waals surface area contributed by atoms with Crippen molar-refractivity contribution in [3.63, 3.8) is 0 Å². The van der Waals surface area contributed by atoms with Crippen molar-refractivity contribution in [3.8, 4) is 11.5 Å². The zero-order chi connectivity index (χ0) is 17.4. The summed E-state index contributed by atoms with van der Waals surface area (Å²) in [6, 6.07) is 0. The van der Waals surface area contributed by atoms with Gasteiger partial charge in [-0.15, -0.1) is 0 Å². The molecule has 1 unspecified atom stereocenters. The molecular formula is C19H27NO3. The molecule has 0 amide bonds. The van der Waals surface area contributed by atoms with E-state index in [9.17, 15) is 4.79 Å². The smallest absolute Gasteiger partial charge is 0.308 e. The molecule has 0 N–H and O–H groups in total. The van der Waals surface area contributed by atoms with Crippen LogP contribution in [0.25, 0.3) is 6.08 Å². The first-order valence-corrected chi connectivity index (χ1v) is 8.00. The third kappa shape index (κ3) is 3.58. The third-order valence-electron chi connectivity index (χ3n) is 4.47. The summed E-state index contributed by atoms with van der Waals surface area (Å²) in [5.74, 6) is 1.26. The number of esters is 1. The summed E-state index contributed by atoms with van der Waals surface area (Å²) in [7, 11) is 4.13. The second-order valence-corrected chi connectivity index (χ2v) is 6.84. The zero-order valence-electron chi connectivity index (χ0n) is 15.2. The van der Waals surface area contributed by atoms with Crippen molar-refractivity contribution in [3.05, 3.63) is 28.3 Å². The molecule has 0 bridgehead atoms. The Morgan fingerprint density at radius 1 is 1.22 bits per heavy atom. The van der Waals surface area contributed by atoms with Gasteiger partial charge in [0.1, 0.15) is 17.1 Å². The van der Waals surface area contributed by atoms with Crippen LogP contribution >= 0.6 is 0 Å². The van der Waals surface area contributed by atoms with Crippen molar-refractivity contribution < 1.29 is 14.3 Å². The number of hydrogen-bond acceptors (Lipinski definition) is 4. The minimum absolute atomic E-state index is 0.299. The van der Waals surface area contributed by atoms with Gasteiger partial charge in [-0.1, -0.05) is 6.08 Å². The van der Waals surface area contributed by atoms with Gasteiger partial charge in [0.15, 0.2) is 0 Å². The van der Waals surface area contributed by atoms with Gasteiger partial charge in [-0.3, -0.25) is 4.79 Å². The lowest BCUT2D eigenvalue weighted by Crippen LogP contribution is -2.36. The van der Waals surface area contributed by atoms with Gasteiger partial charge in [0.05, 0.1) is 0 Å². The molecule has 2 rings (SSSR count). The zero-order valence-corrected chi connectivity index (χ0v) is 15.2. The highest BCUT2D eigenvalue weighted by molar-refractivity contribution is 5.76. The maximum atomic E-state index is 11.4. The Balaban J connectivity index is 2.44. The van der Waals surface area contributed by atoms with Crippen LogP contribution in [0, 0.1) is 20.8 Å². The lowest BCUT2D eigenvalue weighted by atomic mass is 9.91. The molecule has 1 aliphatic rings. The van der Waals surface area contributed by atoms with E-state index in [-0.39, 0.29) is 11.6 Å². The first-order chi connectivity index (χ1) is 10.6. The van der Waals surface area contributed by atoms with E-state index in [1.165, 1.54) is 6.92 Å². The lowest BCUT2D eigenvalue weighted by molar-refractivity contribution is -0.131. The number of benzene rings is 1. The van der Waals surface area contributed by atoms with Crippen LogP contribution in [0.4, 0.5) is 0 Å². The fraction of sp³-hybridized carbons (Fsp3) is 0.526. The number of fused-ring (bicyclic) bond motifs is 1. The molecule has 0 spiro atoms. The summed E-state index contributed by atoms with van der Waals surface area (Å²) in [5, 5.41) is 0. The second-order valence-electron chi connectivity index (χ2n) is 6.84. The van der Waals surface area contributed by atoms with E-state index in [4.69, 9.17) is 9.47 Å².